The van der Waals surface area contributed by atoms with E-state index in [1.54, 1.807) is 0 Å². The maximum Gasteiger partial charge on any atom is 0.253 e. The van der Waals surface area contributed by atoms with Gasteiger partial charge in [0.2, 0.25) is 15.9 Å². The lowest BCUT2D eigenvalue weighted by Crippen LogP contribution is -2.26. The van der Waals surface area contributed by atoms with Gasteiger partial charge in [-0.1, -0.05) is 17.7 Å². The fourth-order valence-corrected chi connectivity index (χ4v) is 3.23. The summed E-state index contributed by atoms with van der Waals surface area (Å²) >= 11 is 0. The summed E-state index contributed by atoms with van der Waals surface area (Å²) in [7, 11) is -3.56. The van der Waals surface area contributed by atoms with Gasteiger partial charge in [0.25, 0.3) is 5.91 Å². The zero-order valence-electron chi connectivity index (χ0n) is 17.3. The minimum absolute atomic E-state index is 0.127. The molecule has 2 amide bonds. The van der Waals surface area contributed by atoms with Crippen LogP contribution in [0.25, 0.3) is 0 Å². The van der Waals surface area contributed by atoms with Crippen LogP contribution in [-0.4, -0.2) is 39.6 Å². The minimum atomic E-state index is -3.56. The van der Waals surface area contributed by atoms with Crippen LogP contribution in [0.3, 0.4) is 0 Å². The summed E-state index contributed by atoms with van der Waals surface area (Å²) in [4.78, 5) is 23.9. The van der Waals surface area contributed by atoms with Crippen molar-refractivity contribution in [2.75, 3.05) is 29.4 Å². The molecule has 2 aromatic rings. The summed E-state index contributed by atoms with van der Waals surface area (Å²) < 4.78 is 31.1. The Morgan fingerprint density at radius 1 is 1.03 bits per heavy atom. The van der Waals surface area contributed by atoms with E-state index >= 15 is 0 Å². The second kappa shape index (κ2) is 10.6. The van der Waals surface area contributed by atoms with Crippen LogP contribution in [0.2, 0.25) is 0 Å². The largest absolute Gasteiger partial charge is 0.494 e. The van der Waals surface area contributed by atoms with Crippen LogP contribution in [0.5, 0.6) is 5.75 Å². The van der Waals surface area contributed by atoms with Crippen LogP contribution >= 0.6 is 0 Å². The Balaban J connectivity index is 1.90. The number of amides is 2. The lowest BCUT2D eigenvalue weighted by molar-refractivity contribution is -0.114. The maximum atomic E-state index is 12.6. The van der Waals surface area contributed by atoms with Crippen LogP contribution < -0.4 is 20.1 Å². The predicted octanol–water partition coefficient (Wildman–Crippen LogP) is 2.91. The highest BCUT2D eigenvalue weighted by Gasteiger charge is 2.15. The summed E-state index contributed by atoms with van der Waals surface area (Å²) in [6, 6.07) is 12.2. The number of ether oxygens (including phenoxy) is 1. The molecule has 9 heteroatoms. The van der Waals surface area contributed by atoms with Crippen molar-refractivity contribution >= 4 is 33.2 Å². The van der Waals surface area contributed by atoms with Gasteiger partial charge in [0.1, 0.15) is 5.75 Å². The summed E-state index contributed by atoms with van der Waals surface area (Å²) in [6.07, 6.45) is 2.44. The minimum Gasteiger partial charge on any atom is -0.494 e. The number of carbonyl (C=O) groups excluding carboxylic acids is 2. The average molecular weight is 434 g/mol. The molecule has 162 valence electrons. The summed E-state index contributed by atoms with van der Waals surface area (Å²) in [6.45, 7) is 4.28. The first-order valence-corrected chi connectivity index (χ1v) is 11.4. The Hall–Kier alpha value is -3.07. The first-order valence-electron chi connectivity index (χ1n) is 9.51. The van der Waals surface area contributed by atoms with Crippen molar-refractivity contribution in [3.05, 3.63) is 53.6 Å². The Kier molecular flexibility index (Phi) is 8.23. The number of carbonyl (C=O) groups is 2. The molecule has 0 radical (unpaired) electrons. The zero-order chi connectivity index (χ0) is 22.1. The molecule has 0 aliphatic rings. The maximum absolute atomic E-state index is 12.6. The number of anilines is 2. The second-order valence-electron chi connectivity index (χ2n) is 6.94. The normalized spacial score (nSPS) is 10.9. The molecule has 0 aliphatic carbocycles. The van der Waals surface area contributed by atoms with Crippen LogP contribution in [0.4, 0.5) is 11.4 Å². The zero-order valence-corrected chi connectivity index (χ0v) is 18.1. The topological polar surface area (TPSA) is 114 Å². The van der Waals surface area contributed by atoms with Gasteiger partial charge in [0, 0.05) is 19.2 Å². The molecule has 0 aromatic heterocycles. The number of hydrogen-bond donors (Lipinski definition) is 3. The van der Waals surface area contributed by atoms with E-state index in [2.05, 4.69) is 15.4 Å². The Labute approximate surface area is 177 Å². The van der Waals surface area contributed by atoms with E-state index in [1.165, 1.54) is 25.1 Å². The highest BCUT2D eigenvalue weighted by atomic mass is 32.2. The van der Waals surface area contributed by atoms with Gasteiger partial charge in [0.15, 0.2) is 0 Å². The van der Waals surface area contributed by atoms with E-state index in [1.807, 2.05) is 31.2 Å². The third-order valence-electron chi connectivity index (χ3n) is 4.03. The predicted molar refractivity (Wildman–Crippen MR) is 117 cm³/mol. The highest BCUT2D eigenvalue weighted by molar-refractivity contribution is 7.92. The fourth-order valence-electron chi connectivity index (χ4n) is 2.65. The number of rotatable bonds is 10. The molecule has 3 N–H and O–H groups in total. The van der Waals surface area contributed by atoms with Crippen LogP contribution in [0.15, 0.2) is 42.5 Å². The van der Waals surface area contributed by atoms with Crippen molar-refractivity contribution in [2.45, 2.75) is 26.7 Å². The van der Waals surface area contributed by atoms with Gasteiger partial charge in [-0.15, -0.1) is 0 Å². The van der Waals surface area contributed by atoms with E-state index < -0.39 is 15.9 Å². The van der Waals surface area contributed by atoms with E-state index in [-0.39, 0.29) is 17.2 Å². The van der Waals surface area contributed by atoms with Gasteiger partial charge in [-0.3, -0.25) is 14.3 Å². The van der Waals surface area contributed by atoms with Crippen molar-refractivity contribution in [3.63, 3.8) is 0 Å². The first kappa shape index (κ1) is 23.2. The molecule has 2 rings (SSSR count). The molecule has 30 heavy (non-hydrogen) atoms. The van der Waals surface area contributed by atoms with E-state index in [4.69, 9.17) is 4.74 Å². The van der Waals surface area contributed by atoms with Crippen molar-refractivity contribution < 1.29 is 22.7 Å². The van der Waals surface area contributed by atoms with Gasteiger partial charge in [0.05, 0.1) is 24.1 Å². The van der Waals surface area contributed by atoms with E-state index in [9.17, 15) is 18.0 Å². The monoisotopic (exact) mass is 433 g/mol. The van der Waals surface area contributed by atoms with Crippen molar-refractivity contribution in [1.82, 2.24) is 5.32 Å². The van der Waals surface area contributed by atoms with Gasteiger partial charge < -0.3 is 15.4 Å². The molecule has 0 atom stereocenters. The lowest BCUT2D eigenvalue weighted by Gasteiger charge is -2.13. The number of hydrogen-bond acceptors (Lipinski definition) is 5. The summed E-state index contributed by atoms with van der Waals surface area (Å²) in [5.74, 6) is 0.0717. The third kappa shape index (κ3) is 8.12. The number of aryl methyl sites for hydroxylation is 1. The summed E-state index contributed by atoms with van der Waals surface area (Å²) in [5, 5.41) is 5.35. The first-order chi connectivity index (χ1) is 14.1. The fraction of sp³-hybridized carbons (Fsp3) is 0.333. The molecule has 0 saturated heterocycles. The molecule has 0 heterocycles. The molecule has 2 aromatic carbocycles. The standard InChI is InChI=1S/C21H27N3O5S/c1-15-6-9-18(10-7-15)29-13-5-4-12-22-21(26)19-14-17(23-16(2)25)8-11-20(19)24-30(3,27)28/h6-11,14,24H,4-5,12-13H2,1-3H3,(H,22,26)(H,23,25). The highest BCUT2D eigenvalue weighted by Crippen LogP contribution is 2.22. The Bertz CT molecular complexity index is 988. The molecule has 8 nitrogen and oxygen atoms in total. The number of benzene rings is 2. The van der Waals surface area contributed by atoms with Crippen molar-refractivity contribution in [3.8, 4) is 5.75 Å². The van der Waals surface area contributed by atoms with Crippen molar-refractivity contribution in [1.29, 1.82) is 0 Å². The molecule has 0 fully saturated rings. The molecular weight excluding hydrogens is 406 g/mol. The van der Waals surface area contributed by atoms with E-state index in [0.29, 0.717) is 25.3 Å². The van der Waals surface area contributed by atoms with Gasteiger partial charge in [-0.25, -0.2) is 8.42 Å². The molecule has 0 spiro atoms. The van der Waals surface area contributed by atoms with Crippen molar-refractivity contribution in [2.24, 2.45) is 0 Å². The summed E-state index contributed by atoms with van der Waals surface area (Å²) in [5.41, 5.74) is 1.84. The lowest BCUT2D eigenvalue weighted by atomic mass is 10.1. The van der Waals surface area contributed by atoms with E-state index in [0.717, 1.165) is 24.0 Å². The van der Waals surface area contributed by atoms with Gasteiger partial charge in [-0.05, 0) is 50.1 Å². The van der Waals surface area contributed by atoms with Crippen LogP contribution in [0.1, 0.15) is 35.7 Å². The molecule has 0 bridgehead atoms. The Morgan fingerprint density at radius 3 is 2.37 bits per heavy atom. The number of sulfonamides is 1. The molecule has 0 aliphatic heterocycles. The smallest absolute Gasteiger partial charge is 0.253 e. The van der Waals surface area contributed by atoms with Crippen LogP contribution in [0, 0.1) is 6.92 Å². The quantitative estimate of drug-likeness (QED) is 0.499. The molecule has 0 saturated carbocycles. The number of nitrogens with one attached hydrogen (secondary N) is 3. The molecule has 0 unspecified atom stereocenters. The van der Waals surface area contributed by atoms with Gasteiger partial charge in [-0.2, -0.15) is 0 Å². The number of unbranched alkanes of at least 4 members (excludes halogenated alkanes) is 1. The van der Waals surface area contributed by atoms with Crippen LogP contribution in [-0.2, 0) is 14.8 Å². The van der Waals surface area contributed by atoms with Gasteiger partial charge >= 0.3 is 0 Å². The Morgan fingerprint density at radius 2 is 1.73 bits per heavy atom. The average Bonchev–Trinajstić information content (AvgIpc) is 2.65. The SMILES string of the molecule is CC(=O)Nc1ccc(NS(C)(=O)=O)c(C(=O)NCCCCOc2ccc(C)cc2)c1. The molecular formula is C21H27N3O5S. The third-order valence-corrected chi connectivity index (χ3v) is 4.62. The second-order valence-corrected chi connectivity index (χ2v) is 8.69.